The monoisotopic (exact) mass is 317 g/mol. The summed E-state index contributed by atoms with van der Waals surface area (Å²) < 4.78 is 24.3. The van der Waals surface area contributed by atoms with Crippen LogP contribution in [-0.4, -0.2) is 43.3 Å². The largest absolute Gasteiger partial charge is 0.481 e. The fraction of sp³-hybridized carbons (Fsp3) is 0.364. The third-order valence-corrected chi connectivity index (χ3v) is 4.30. The Labute approximate surface area is 120 Å². The van der Waals surface area contributed by atoms with Gasteiger partial charge in [0.2, 0.25) is 0 Å². The van der Waals surface area contributed by atoms with Crippen molar-refractivity contribution in [2.24, 2.45) is 5.73 Å². The van der Waals surface area contributed by atoms with Crippen LogP contribution in [0.4, 0.5) is 11.4 Å². The van der Waals surface area contributed by atoms with E-state index in [4.69, 9.17) is 10.8 Å². The zero-order valence-corrected chi connectivity index (χ0v) is 11.8. The summed E-state index contributed by atoms with van der Waals surface area (Å²) in [4.78, 5) is 20.2. The standard InChI is InChI=1S/C11H15N3O6S/c12-4-5-13-9-2-1-8(14(17)18)7-10(9)21(19,20)6-3-11(15)16/h1-2,7,13H,3-6,12H2,(H,15,16). The quantitative estimate of drug-likeness (QED) is 0.454. The Morgan fingerprint density at radius 1 is 1.43 bits per heavy atom. The number of hydrogen-bond acceptors (Lipinski definition) is 7. The van der Waals surface area contributed by atoms with Gasteiger partial charge >= 0.3 is 5.97 Å². The number of carboxylic acids is 1. The maximum atomic E-state index is 12.1. The second-order valence-corrected chi connectivity index (χ2v) is 6.19. The molecule has 0 saturated heterocycles. The van der Waals surface area contributed by atoms with Gasteiger partial charge in [-0.3, -0.25) is 14.9 Å². The molecular weight excluding hydrogens is 302 g/mol. The number of carboxylic acid groups (broad SMARTS) is 1. The summed E-state index contributed by atoms with van der Waals surface area (Å²) in [6.45, 7) is 0.519. The molecule has 0 fully saturated rings. The summed E-state index contributed by atoms with van der Waals surface area (Å²) in [6.07, 6.45) is -0.582. The molecule has 0 aliphatic carbocycles. The predicted octanol–water partition coefficient (Wildman–Crippen LogP) is 0.214. The molecule has 0 heterocycles. The van der Waals surface area contributed by atoms with E-state index in [9.17, 15) is 23.3 Å². The van der Waals surface area contributed by atoms with Gasteiger partial charge in [-0.1, -0.05) is 0 Å². The minimum atomic E-state index is -3.96. The highest BCUT2D eigenvalue weighted by atomic mass is 32.2. The number of aliphatic carboxylic acids is 1. The average Bonchev–Trinajstić information content (AvgIpc) is 2.42. The molecule has 10 heteroatoms. The van der Waals surface area contributed by atoms with E-state index in [-0.39, 0.29) is 29.4 Å². The molecule has 9 nitrogen and oxygen atoms in total. The van der Waals surface area contributed by atoms with Crippen molar-refractivity contribution < 1.29 is 23.2 Å². The number of nitro benzene ring substituents is 1. The van der Waals surface area contributed by atoms with Gasteiger partial charge in [0.15, 0.2) is 9.84 Å². The third kappa shape index (κ3) is 4.68. The summed E-state index contributed by atoms with van der Waals surface area (Å²) >= 11 is 0. The molecule has 116 valence electrons. The van der Waals surface area contributed by atoms with Crippen molar-refractivity contribution in [2.45, 2.75) is 11.3 Å². The predicted molar refractivity (Wildman–Crippen MR) is 74.9 cm³/mol. The van der Waals surface area contributed by atoms with Crippen molar-refractivity contribution in [1.82, 2.24) is 0 Å². The molecule has 1 aromatic carbocycles. The zero-order chi connectivity index (χ0) is 16.0. The van der Waals surface area contributed by atoms with E-state index >= 15 is 0 Å². The number of nitrogens with two attached hydrogens (primary N) is 1. The number of benzene rings is 1. The number of anilines is 1. The molecule has 4 N–H and O–H groups in total. The van der Waals surface area contributed by atoms with Crippen LogP contribution in [0.5, 0.6) is 0 Å². The van der Waals surface area contributed by atoms with Crippen molar-refractivity contribution >= 4 is 27.2 Å². The summed E-state index contributed by atoms with van der Waals surface area (Å²) in [7, 11) is -3.96. The van der Waals surface area contributed by atoms with Crippen molar-refractivity contribution in [1.29, 1.82) is 0 Å². The number of rotatable bonds is 8. The van der Waals surface area contributed by atoms with E-state index in [0.29, 0.717) is 0 Å². The molecule has 1 aromatic rings. The first kappa shape index (κ1) is 16.9. The van der Waals surface area contributed by atoms with Crippen LogP contribution in [0.15, 0.2) is 23.1 Å². The SMILES string of the molecule is NCCNc1ccc([N+](=O)[O-])cc1S(=O)(=O)CCC(=O)O. The van der Waals surface area contributed by atoms with E-state index < -0.39 is 32.9 Å². The summed E-state index contributed by atoms with van der Waals surface area (Å²) in [5.41, 5.74) is 5.09. The van der Waals surface area contributed by atoms with E-state index in [1.807, 2.05) is 0 Å². The van der Waals surface area contributed by atoms with Crippen LogP contribution in [0.1, 0.15) is 6.42 Å². The number of nitrogens with zero attached hydrogens (tertiary/aromatic N) is 1. The molecule has 0 aliphatic heterocycles. The Bertz CT molecular complexity index is 643. The Balaban J connectivity index is 3.24. The van der Waals surface area contributed by atoms with Crippen molar-refractivity contribution in [3.05, 3.63) is 28.3 Å². The van der Waals surface area contributed by atoms with Gasteiger partial charge in [-0.25, -0.2) is 8.42 Å². The van der Waals surface area contributed by atoms with E-state index in [2.05, 4.69) is 5.32 Å². The van der Waals surface area contributed by atoms with Crippen LogP contribution >= 0.6 is 0 Å². The minimum Gasteiger partial charge on any atom is -0.481 e. The molecule has 0 unspecified atom stereocenters. The first-order valence-electron chi connectivity index (χ1n) is 5.95. The minimum absolute atomic E-state index is 0.163. The van der Waals surface area contributed by atoms with Gasteiger partial charge in [0.05, 0.1) is 27.7 Å². The Morgan fingerprint density at radius 3 is 2.62 bits per heavy atom. The molecule has 0 radical (unpaired) electrons. The fourth-order valence-corrected chi connectivity index (χ4v) is 3.01. The molecule has 0 atom stereocenters. The van der Waals surface area contributed by atoms with Gasteiger partial charge in [-0.15, -0.1) is 0 Å². The van der Waals surface area contributed by atoms with Gasteiger partial charge in [0.1, 0.15) is 0 Å². The molecule has 0 aromatic heterocycles. The van der Waals surface area contributed by atoms with Gasteiger partial charge in [0, 0.05) is 25.2 Å². The maximum Gasteiger partial charge on any atom is 0.304 e. The van der Waals surface area contributed by atoms with Gasteiger partial charge in [0.25, 0.3) is 5.69 Å². The van der Waals surface area contributed by atoms with E-state index in [1.165, 1.54) is 6.07 Å². The zero-order valence-electron chi connectivity index (χ0n) is 11.0. The summed E-state index contributed by atoms with van der Waals surface area (Å²) in [5.74, 6) is -1.90. The molecule has 0 spiro atoms. The maximum absolute atomic E-state index is 12.1. The third-order valence-electron chi connectivity index (χ3n) is 2.56. The highest BCUT2D eigenvalue weighted by Crippen LogP contribution is 2.27. The normalized spacial score (nSPS) is 11.1. The van der Waals surface area contributed by atoms with E-state index in [0.717, 1.165) is 12.1 Å². The van der Waals surface area contributed by atoms with Gasteiger partial charge < -0.3 is 16.2 Å². The lowest BCUT2D eigenvalue weighted by molar-refractivity contribution is -0.385. The summed E-state index contributed by atoms with van der Waals surface area (Å²) in [5, 5.41) is 22.1. The molecule has 0 aliphatic rings. The second-order valence-electron chi connectivity index (χ2n) is 4.12. The van der Waals surface area contributed by atoms with E-state index in [1.54, 1.807) is 0 Å². The first-order chi connectivity index (χ1) is 9.77. The van der Waals surface area contributed by atoms with Crippen molar-refractivity contribution in [2.75, 3.05) is 24.2 Å². The van der Waals surface area contributed by atoms with Crippen molar-refractivity contribution in [3.63, 3.8) is 0 Å². The first-order valence-corrected chi connectivity index (χ1v) is 7.60. The lowest BCUT2D eigenvalue weighted by Crippen LogP contribution is -2.17. The Morgan fingerprint density at radius 2 is 2.10 bits per heavy atom. The highest BCUT2D eigenvalue weighted by Gasteiger charge is 2.23. The molecule has 21 heavy (non-hydrogen) atoms. The molecular formula is C11H15N3O6S. The van der Waals surface area contributed by atoms with Gasteiger partial charge in [-0.2, -0.15) is 0 Å². The van der Waals surface area contributed by atoms with Gasteiger partial charge in [-0.05, 0) is 6.07 Å². The number of non-ortho nitro benzene ring substituents is 1. The average molecular weight is 317 g/mol. The molecule has 0 amide bonds. The topological polar surface area (TPSA) is 153 Å². The number of carbonyl (C=O) groups is 1. The number of sulfone groups is 1. The fourth-order valence-electron chi connectivity index (χ4n) is 1.57. The van der Waals surface area contributed by atoms with Crippen LogP contribution in [0.2, 0.25) is 0 Å². The number of nitro groups is 1. The second kappa shape index (κ2) is 6.99. The van der Waals surface area contributed by atoms with Crippen LogP contribution in [0, 0.1) is 10.1 Å². The van der Waals surface area contributed by atoms with Crippen LogP contribution in [0.3, 0.4) is 0 Å². The molecule has 0 bridgehead atoms. The van der Waals surface area contributed by atoms with Crippen LogP contribution in [-0.2, 0) is 14.6 Å². The lowest BCUT2D eigenvalue weighted by atomic mass is 10.3. The van der Waals surface area contributed by atoms with Crippen molar-refractivity contribution in [3.8, 4) is 0 Å². The molecule has 0 saturated carbocycles. The summed E-state index contributed by atoms with van der Waals surface area (Å²) in [6, 6.07) is 3.34. The Kier molecular flexibility index (Phi) is 5.61. The van der Waals surface area contributed by atoms with Crippen LogP contribution in [0.25, 0.3) is 0 Å². The lowest BCUT2D eigenvalue weighted by Gasteiger charge is -2.11. The molecule has 1 rings (SSSR count). The highest BCUT2D eigenvalue weighted by molar-refractivity contribution is 7.91. The Hall–Kier alpha value is -2.20. The van der Waals surface area contributed by atoms with Crippen LogP contribution < -0.4 is 11.1 Å². The smallest absolute Gasteiger partial charge is 0.304 e. The number of hydrogen-bond donors (Lipinski definition) is 3. The number of nitrogens with one attached hydrogen (secondary N) is 1.